The molecule has 0 bridgehead atoms. The molecule has 0 aliphatic carbocycles. The number of benzene rings is 14. The molecule has 12 heteroatoms. The van der Waals surface area contributed by atoms with Crippen molar-refractivity contribution >= 4 is 151 Å². The second-order valence-corrected chi connectivity index (χ2v) is 28.1. The van der Waals surface area contributed by atoms with Crippen LogP contribution in [0.15, 0.2) is 312 Å². The first-order chi connectivity index (χ1) is 50.5. The molecule has 0 spiro atoms. The van der Waals surface area contributed by atoms with Crippen molar-refractivity contribution in [2.24, 2.45) is 0 Å². The zero-order chi connectivity index (χ0) is 66.7. The van der Waals surface area contributed by atoms with Crippen LogP contribution in [0.2, 0.25) is 0 Å². The van der Waals surface area contributed by atoms with Gasteiger partial charge < -0.3 is 18.0 Å². The fourth-order valence-electron chi connectivity index (χ4n) is 15.6. The van der Waals surface area contributed by atoms with Gasteiger partial charge >= 0.3 is 0 Å². The molecule has 0 saturated carbocycles. The number of para-hydroxylation sites is 3. The summed E-state index contributed by atoms with van der Waals surface area (Å²) in [5.74, 6) is 3.64. The van der Waals surface area contributed by atoms with Gasteiger partial charge in [0.2, 0.25) is 0 Å². The van der Waals surface area contributed by atoms with Crippen LogP contribution in [0.4, 0.5) is 0 Å². The second kappa shape index (κ2) is 22.1. The Bertz CT molecular complexity index is 7090. The molecule has 102 heavy (non-hydrogen) atoms. The van der Waals surface area contributed by atoms with E-state index in [2.05, 4.69) is 215 Å². The summed E-state index contributed by atoms with van der Waals surface area (Å²) in [5.41, 5.74) is 17.4. The molecular formula is C90H50N8O2S2. The van der Waals surface area contributed by atoms with Crippen molar-refractivity contribution in [1.29, 1.82) is 0 Å². The normalized spacial score (nSPS) is 12.1. The van der Waals surface area contributed by atoms with E-state index in [0.717, 1.165) is 173 Å². The molecule has 0 radical (unpaired) electrons. The molecule has 0 unspecified atom stereocenters. The maximum absolute atomic E-state index is 7.25. The molecule has 0 saturated heterocycles. The number of furan rings is 2. The van der Waals surface area contributed by atoms with Crippen LogP contribution >= 0.6 is 22.7 Å². The molecule has 0 fully saturated rings. The lowest BCUT2D eigenvalue weighted by molar-refractivity contribution is 0.669. The maximum atomic E-state index is 7.25. The first kappa shape index (κ1) is 56.7. The number of thiophene rings is 2. The first-order valence-electron chi connectivity index (χ1n) is 34.0. The topological polar surface area (TPSA) is 113 Å². The van der Waals surface area contributed by atoms with Crippen LogP contribution in [-0.2, 0) is 0 Å². The van der Waals surface area contributed by atoms with Crippen molar-refractivity contribution < 1.29 is 8.83 Å². The Morgan fingerprint density at radius 1 is 0.235 bits per heavy atom. The van der Waals surface area contributed by atoms with E-state index in [1.54, 1.807) is 22.7 Å². The molecule has 8 aromatic heterocycles. The third-order valence-electron chi connectivity index (χ3n) is 20.2. The Labute approximate surface area is 588 Å². The van der Waals surface area contributed by atoms with E-state index in [-0.39, 0.29) is 0 Å². The summed E-state index contributed by atoms with van der Waals surface area (Å²) in [7, 11) is 0. The third-order valence-corrected chi connectivity index (χ3v) is 22.5. The summed E-state index contributed by atoms with van der Waals surface area (Å²) < 4.78 is 23.4. The molecule has 0 amide bonds. The summed E-state index contributed by atoms with van der Waals surface area (Å²) in [4.78, 5) is 31.4. The van der Waals surface area contributed by atoms with Crippen LogP contribution in [0.25, 0.3) is 219 Å². The molecule has 0 aliphatic heterocycles. The highest BCUT2D eigenvalue weighted by Crippen LogP contribution is 2.50. The zero-order valence-electron chi connectivity index (χ0n) is 54.1. The van der Waals surface area contributed by atoms with Gasteiger partial charge in [-0.3, -0.25) is 0 Å². The Balaban J connectivity index is 0.701. The minimum atomic E-state index is 0.572. The summed E-state index contributed by atoms with van der Waals surface area (Å²) in [6.07, 6.45) is 0. The monoisotopic (exact) mass is 1340 g/mol. The quantitative estimate of drug-likeness (QED) is 0.140. The Morgan fingerprint density at radius 2 is 0.716 bits per heavy atom. The lowest BCUT2D eigenvalue weighted by Crippen LogP contribution is -2.00. The predicted molar refractivity (Wildman–Crippen MR) is 420 cm³/mol. The Morgan fingerprint density at radius 3 is 1.30 bits per heavy atom. The van der Waals surface area contributed by atoms with Gasteiger partial charge in [-0.15, -0.1) is 22.7 Å². The summed E-state index contributed by atoms with van der Waals surface area (Å²) in [6.45, 7) is 0. The van der Waals surface area contributed by atoms with Gasteiger partial charge in [-0.25, -0.2) is 29.9 Å². The van der Waals surface area contributed by atoms with Crippen molar-refractivity contribution in [2.75, 3.05) is 0 Å². The van der Waals surface area contributed by atoms with E-state index in [1.165, 1.54) is 10.8 Å². The fourth-order valence-corrected chi connectivity index (χ4v) is 18.1. The maximum Gasteiger partial charge on any atom is 0.164 e. The van der Waals surface area contributed by atoms with E-state index in [0.29, 0.717) is 34.9 Å². The standard InChI is InChI=1S/C90H50N8O2S2/c1-5-20-51(21-6-1)85-91-86(52-22-7-2-8-23-52)94-89(93-85)66-31-19-35-76-79(66)65-41-44-73-80(84(65)102-76)64-40-38-58(50-75(64)99-73)98-71-34-18-15-30-61(71)67-46-55(36-43-72(67)98)56-47-68(90-95-87(53-24-9-3-10-25-53)92-88(96-90)54-26-11-4-12-27-54)81-78(48-56)101-77-45-42-63-62-39-37-57(49-74(62)100-83(63)82(77)81)97-69-32-16-13-28-59(69)60-29-14-17-33-70(60)97/h1-50H. The molecular weight excluding hydrogens is 1290 g/mol. The number of hydrogen-bond acceptors (Lipinski definition) is 10. The number of rotatable bonds is 9. The van der Waals surface area contributed by atoms with Crippen molar-refractivity contribution in [1.82, 2.24) is 39.0 Å². The number of fused-ring (bicyclic) bond motifs is 20. The average Bonchev–Trinajstić information content (AvgIpc) is 1.76. The first-order valence-corrected chi connectivity index (χ1v) is 35.6. The van der Waals surface area contributed by atoms with Crippen LogP contribution in [0.1, 0.15) is 0 Å². The van der Waals surface area contributed by atoms with Gasteiger partial charge in [0, 0.05) is 140 Å². The highest BCUT2D eigenvalue weighted by molar-refractivity contribution is 7.27. The molecule has 0 aliphatic rings. The van der Waals surface area contributed by atoms with Gasteiger partial charge in [0.05, 0.1) is 22.1 Å². The van der Waals surface area contributed by atoms with Gasteiger partial charge in [0.1, 0.15) is 22.3 Å². The van der Waals surface area contributed by atoms with Gasteiger partial charge in [-0.1, -0.05) is 194 Å². The predicted octanol–water partition coefficient (Wildman–Crippen LogP) is 24.5. The smallest absolute Gasteiger partial charge is 0.164 e. The van der Waals surface area contributed by atoms with E-state index in [4.69, 9.17) is 38.7 Å². The third kappa shape index (κ3) is 8.70. The van der Waals surface area contributed by atoms with Gasteiger partial charge in [0.15, 0.2) is 34.9 Å². The van der Waals surface area contributed by atoms with Crippen molar-refractivity contribution in [2.45, 2.75) is 0 Å². The fraction of sp³-hybridized carbons (Fsp3) is 0. The van der Waals surface area contributed by atoms with Crippen LogP contribution in [0.5, 0.6) is 0 Å². The molecule has 474 valence electrons. The van der Waals surface area contributed by atoms with Crippen molar-refractivity contribution in [3.63, 3.8) is 0 Å². The minimum absolute atomic E-state index is 0.572. The van der Waals surface area contributed by atoms with E-state index >= 15 is 0 Å². The molecule has 8 heterocycles. The molecule has 22 rings (SSSR count). The number of aromatic nitrogens is 8. The molecule has 14 aromatic carbocycles. The summed E-state index contributed by atoms with van der Waals surface area (Å²) in [5, 5.41) is 13.2. The Kier molecular flexibility index (Phi) is 12.3. The Hall–Kier alpha value is -13.3. The van der Waals surface area contributed by atoms with Gasteiger partial charge in [-0.05, 0) is 108 Å². The number of hydrogen-bond donors (Lipinski definition) is 0. The van der Waals surface area contributed by atoms with Crippen LogP contribution in [0, 0.1) is 0 Å². The van der Waals surface area contributed by atoms with Gasteiger partial charge in [0.25, 0.3) is 0 Å². The molecule has 0 atom stereocenters. The lowest BCUT2D eigenvalue weighted by atomic mass is 9.96. The highest BCUT2D eigenvalue weighted by atomic mass is 32.1. The SMILES string of the molecule is c1ccc(-c2nc(-c3ccccc3)nc(-c3cccc4sc5c(ccc6oc7cc(-n8c9ccccc9c9cc(-c%10cc(-c%11nc(-c%12ccccc%12)nc(-c%12ccccc%12)n%11)c%11c(c%10)sc%10ccc%12c%13ccc(-n%14c%15ccccc%15c%15ccccc%15%14)cc%13oc%12c%10%11)ccc98)ccc7c65)c34)n2)cc1. The number of nitrogens with zero attached hydrogens (tertiary/aromatic N) is 8. The lowest BCUT2D eigenvalue weighted by Gasteiger charge is -2.12. The zero-order valence-corrected chi connectivity index (χ0v) is 55.7. The largest absolute Gasteiger partial charge is 0.456 e. The molecule has 22 aromatic rings. The highest BCUT2D eigenvalue weighted by Gasteiger charge is 2.26. The van der Waals surface area contributed by atoms with Gasteiger partial charge in [-0.2, -0.15) is 0 Å². The van der Waals surface area contributed by atoms with Crippen LogP contribution in [-0.4, -0.2) is 39.0 Å². The van der Waals surface area contributed by atoms with E-state index in [1.807, 2.05) is 97.1 Å². The van der Waals surface area contributed by atoms with E-state index in [9.17, 15) is 0 Å². The summed E-state index contributed by atoms with van der Waals surface area (Å²) in [6, 6.07) is 107. The average molecular weight is 1340 g/mol. The molecule has 10 nitrogen and oxygen atoms in total. The van der Waals surface area contributed by atoms with Crippen LogP contribution < -0.4 is 0 Å². The van der Waals surface area contributed by atoms with Crippen molar-refractivity contribution in [3.05, 3.63) is 303 Å². The minimum Gasteiger partial charge on any atom is -0.456 e. The van der Waals surface area contributed by atoms with Crippen molar-refractivity contribution in [3.8, 4) is 90.8 Å². The molecule has 0 N–H and O–H groups in total. The summed E-state index contributed by atoms with van der Waals surface area (Å²) >= 11 is 3.54. The second-order valence-electron chi connectivity index (χ2n) is 26.0. The van der Waals surface area contributed by atoms with Crippen LogP contribution in [0.3, 0.4) is 0 Å². The van der Waals surface area contributed by atoms with E-state index < -0.39 is 0 Å².